The summed E-state index contributed by atoms with van der Waals surface area (Å²) in [4.78, 5) is 26.0. The van der Waals surface area contributed by atoms with Gasteiger partial charge in [0.05, 0.1) is 25.3 Å². The van der Waals surface area contributed by atoms with E-state index in [2.05, 4.69) is 15.9 Å². The number of carbonyl (C=O) groups is 2. The van der Waals surface area contributed by atoms with Crippen LogP contribution in [-0.2, 0) is 30.9 Å². The van der Waals surface area contributed by atoms with Crippen molar-refractivity contribution in [1.29, 1.82) is 0 Å². The summed E-state index contributed by atoms with van der Waals surface area (Å²) in [7, 11) is -3.54. The normalized spacial score (nSPS) is 15.8. The first kappa shape index (κ1) is 21.8. The Labute approximate surface area is 168 Å². The van der Waals surface area contributed by atoms with E-state index < -0.39 is 10.0 Å². The monoisotopic (exact) mass is 460 g/mol. The van der Waals surface area contributed by atoms with Gasteiger partial charge in [-0.15, -0.1) is 0 Å². The van der Waals surface area contributed by atoms with Gasteiger partial charge in [-0.1, -0.05) is 28.1 Å². The van der Waals surface area contributed by atoms with Crippen LogP contribution in [0.2, 0.25) is 0 Å². The topological polar surface area (TPSA) is 84.0 Å². The highest BCUT2D eigenvalue weighted by molar-refractivity contribution is 9.10. The number of nitrogens with zero attached hydrogens (tertiary/aromatic N) is 2. The van der Waals surface area contributed by atoms with Crippen molar-refractivity contribution in [2.24, 2.45) is 5.92 Å². The van der Waals surface area contributed by atoms with E-state index in [0.29, 0.717) is 32.5 Å². The van der Waals surface area contributed by atoms with Crippen LogP contribution in [-0.4, -0.2) is 62.0 Å². The van der Waals surface area contributed by atoms with Gasteiger partial charge in [0.2, 0.25) is 15.9 Å². The number of hydrogen-bond donors (Lipinski definition) is 0. The fraction of sp³-hybridized carbons (Fsp3) is 0.556. The number of halogens is 1. The van der Waals surface area contributed by atoms with Crippen molar-refractivity contribution in [3.8, 4) is 0 Å². The van der Waals surface area contributed by atoms with Crippen molar-refractivity contribution in [2.45, 2.75) is 26.3 Å². The minimum Gasteiger partial charge on any atom is -0.466 e. The molecular weight excluding hydrogens is 436 g/mol. The summed E-state index contributed by atoms with van der Waals surface area (Å²) in [6, 6.07) is 7.30. The fourth-order valence-corrected chi connectivity index (χ4v) is 3.95. The third-order valence-corrected chi connectivity index (χ3v) is 6.25. The summed E-state index contributed by atoms with van der Waals surface area (Å²) in [5.41, 5.74) is 0.803. The van der Waals surface area contributed by atoms with Crippen LogP contribution in [0.25, 0.3) is 0 Å². The predicted molar refractivity (Wildman–Crippen MR) is 105 cm³/mol. The summed E-state index contributed by atoms with van der Waals surface area (Å²) >= 11 is 3.34. The molecule has 2 rings (SSSR count). The van der Waals surface area contributed by atoms with Gasteiger partial charge in [0.25, 0.3) is 0 Å². The Morgan fingerprint density at radius 1 is 1.22 bits per heavy atom. The number of benzene rings is 1. The van der Waals surface area contributed by atoms with E-state index in [1.807, 2.05) is 24.3 Å². The molecule has 7 nitrogen and oxygen atoms in total. The van der Waals surface area contributed by atoms with Gasteiger partial charge in [-0.2, -0.15) is 4.31 Å². The average molecular weight is 461 g/mol. The summed E-state index contributed by atoms with van der Waals surface area (Å²) in [6.45, 7) is 2.89. The minimum atomic E-state index is -3.54. The standard InChI is InChI=1S/C18H25BrN2O5S/c1-3-26-18(23)15-8-10-20(11-9-15)17(22)13-21(27(2,24)25)12-14-4-6-16(19)7-5-14/h4-7,15H,3,8-13H2,1-2H3. The fourth-order valence-electron chi connectivity index (χ4n) is 2.96. The molecule has 27 heavy (non-hydrogen) atoms. The Hall–Kier alpha value is -1.45. The van der Waals surface area contributed by atoms with Crippen molar-refractivity contribution in [2.75, 3.05) is 32.5 Å². The van der Waals surface area contributed by atoms with Crippen molar-refractivity contribution in [1.82, 2.24) is 9.21 Å². The highest BCUT2D eigenvalue weighted by atomic mass is 79.9. The molecule has 1 heterocycles. The van der Waals surface area contributed by atoms with Crippen LogP contribution in [0.1, 0.15) is 25.3 Å². The maximum Gasteiger partial charge on any atom is 0.309 e. The van der Waals surface area contributed by atoms with Crippen molar-refractivity contribution in [3.05, 3.63) is 34.3 Å². The predicted octanol–water partition coefficient (Wildman–Crippen LogP) is 2.01. The van der Waals surface area contributed by atoms with E-state index in [0.717, 1.165) is 16.3 Å². The lowest BCUT2D eigenvalue weighted by Gasteiger charge is -2.32. The van der Waals surface area contributed by atoms with Gasteiger partial charge in [0.1, 0.15) is 0 Å². The molecule has 0 unspecified atom stereocenters. The van der Waals surface area contributed by atoms with Crippen LogP contribution in [0.15, 0.2) is 28.7 Å². The second-order valence-electron chi connectivity index (χ2n) is 6.56. The van der Waals surface area contributed by atoms with Crippen LogP contribution in [0.5, 0.6) is 0 Å². The second kappa shape index (κ2) is 9.66. The molecule has 0 radical (unpaired) electrons. The lowest BCUT2D eigenvalue weighted by atomic mass is 9.97. The highest BCUT2D eigenvalue weighted by Crippen LogP contribution is 2.20. The molecule has 0 aromatic heterocycles. The van der Waals surface area contributed by atoms with Gasteiger partial charge in [-0.05, 0) is 37.5 Å². The van der Waals surface area contributed by atoms with Crippen LogP contribution in [0.3, 0.4) is 0 Å². The molecule has 0 N–H and O–H groups in total. The zero-order chi connectivity index (χ0) is 20.0. The lowest BCUT2D eigenvalue weighted by molar-refractivity contribution is -0.151. The first-order chi connectivity index (χ1) is 12.7. The Kier molecular flexibility index (Phi) is 7.81. The third kappa shape index (κ3) is 6.58. The average Bonchev–Trinajstić information content (AvgIpc) is 2.62. The molecule has 0 atom stereocenters. The Balaban J connectivity index is 1.96. The maximum absolute atomic E-state index is 12.6. The SMILES string of the molecule is CCOC(=O)C1CCN(C(=O)CN(Cc2ccc(Br)cc2)S(C)(=O)=O)CC1. The van der Waals surface area contributed by atoms with Crippen LogP contribution in [0.4, 0.5) is 0 Å². The summed E-state index contributed by atoms with van der Waals surface area (Å²) in [5.74, 6) is -0.666. The number of ether oxygens (including phenoxy) is 1. The van der Waals surface area contributed by atoms with Gasteiger partial charge in [0, 0.05) is 24.1 Å². The Morgan fingerprint density at radius 3 is 2.33 bits per heavy atom. The third-order valence-electron chi connectivity index (χ3n) is 4.52. The quantitative estimate of drug-likeness (QED) is 0.581. The van der Waals surface area contributed by atoms with E-state index in [9.17, 15) is 18.0 Å². The molecule has 0 aliphatic carbocycles. The van der Waals surface area contributed by atoms with Gasteiger partial charge in [-0.3, -0.25) is 9.59 Å². The molecule has 1 aromatic rings. The van der Waals surface area contributed by atoms with E-state index in [-0.39, 0.29) is 30.9 Å². The molecule has 1 saturated heterocycles. The summed E-state index contributed by atoms with van der Waals surface area (Å²) in [6.07, 6.45) is 2.18. The van der Waals surface area contributed by atoms with Crippen molar-refractivity contribution < 1.29 is 22.7 Å². The minimum absolute atomic E-state index is 0.136. The molecule has 1 aromatic carbocycles. The number of amides is 1. The van der Waals surface area contributed by atoms with E-state index in [1.54, 1.807) is 11.8 Å². The van der Waals surface area contributed by atoms with Gasteiger partial charge < -0.3 is 9.64 Å². The maximum atomic E-state index is 12.6. The number of esters is 1. The number of hydrogen-bond acceptors (Lipinski definition) is 5. The van der Waals surface area contributed by atoms with E-state index in [1.165, 1.54) is 4.31 Å². The van der Waals surface area contributed by atoms with Crippen molar-refractivity contribution >= 4 is 37.8 Å². The molecule has 150 valence electrons. The first-order valence-electron chi connectivity index (χ1n) is 8.84. The van der Waals surface area contributed by atoms with Gasteiger partial charge >= 0.3 is 5.97 Å². The number of piperidine rings is 1. The van der Waals surface area contributed by atoms with Gasteiger partial charge in [-0.25, -0.2) is 8.42 Å². The van der Waals surface area contributed by atoms with E-state index in [4.69, 9.17) is 4.74 Å². The van der Waals surface area contributed by atoms with Crippen LogP contribution < -0.4 is 0 Å². The van der Waals surface area contributed by atoms with Gasteiger partial charge in [0.15, 0.2) is 0 Å². The van der Waals surface area contributed by atoms with Crippen molar-refractivity contribution in [3.63, 3.8) is 0 Å². The smallest absolute Gasteiger partial charge is 0.309 e. The molecule has 1 aliphatic heterocycles. The molecule has 0 bridgehead atoms. The number of carbonyl (C=O) groups excluding carboxylic acids is 2. The lowest BCUT2D eigenvalue weighted by Crippen LogP contribution is -2.46. The molecule has 1 aliphatic rings. The summed E-state index contributed by atoms with van der Waals surface area (Å²) in [5, 5.41) is 0. The molecule has 1 fully saturated rings. The van der Waals surface area contributed by atoms with E-state index >= 15 is 0 Å². The zero-order valence-electron chi connectivity index (χ0n) is 15.6. The molecule has 1 amide bonds. The van der Waals surface area contributed by atoms with Crippen LogP contribution in [0, 0.1) is 5.92 Å². The largest absolute Gasteiger partial charge is 0.466 e. The second-order valence-corrected chi connectivity index (χ2v) is 9.46. The zero-order valence-corrected chi connectivity index (χ0v) is 18.0. The molecule has 9 heteroatoms. The Bertz CT molecular complexity index is 758. The molecular formula is C18H25BrN2O5S. The highest BCUT2D eigenvalue weighted by Gasteiger charge is 2.30. The number of sulfonamides is 1. The summed E-state index contributed by atoms with van der Waals surface area (Å²) < 4.78 is 31.3. The first-order valence-corrected chi connectivity index (χ1v) is 11.5. The van der Waals surface area contributed by atoms with Crippen LogP contribution >= 0.6 is 15.9 Å². The number of rotatable bonds is 7. The molecule has 0 spiro atoms. The molecule has 0 saturated carbocycles. The number of likely N-dealkylation sites (tertiary alicyclic amines) is 1. The Morgan fingerprint density at radius 2 is 1.81 bits per heavy atom.